The fraction of sp³-hybridized carbons (Fsp3) is 0.429. The van der Waals surface area contributed by atoms with Gasteiger partial charge in [0.05, 0.1) is 10.8 Å². The lowest BCUT2D eigenvalue weighted by molar-refractivity contribution is -0.120. The molecule has 102 valence electrons. The molecule has 0 radical (unpaired) electrons. The molecule has 0 aromatic heterocycles. The SMILES string of the molecule is O=C(O)c1ccccc1CCNC(=O)C1CCCS1. The molecule has 4 nitrogen and oxygen atoms in total. The molecular formula is C14H17NO3S. The number of benzene rings is 1. The molecule has 1 fully saturated rings. The Hall–Kier alpha value is -1.49. The number of carboxylic acid groups (broad SMARTS) is 1. The number of amides is 1. The summed E-state index contributed by atoms with van der Waals surface area (Å²) in [5, 5.41) is 12.0. The van der Waals surface area contributed by atoms with Gasteiger partial charge < -0.3 is 10.4 Å². The van der Waals surface area contributed by atoms with Crippen molar-refractivity contribution in [2.24, 2.45) is 0 Å². The van der Waals surface area contributed by atoms with Crippen LogP contribution in [0.4, 0.5) is 0 Å². The van der Waals surface area contributed by atoms with E-state index in [4.69, 9.17) is 5.11 Å². The minimum atomic E-state index is -0.923. The lowest BCUT2D eigenvalue weighted by atomic mass is 10.0. The van der Waals surface area contributed by atoms with Crippen molar-refractivity contribution in [1.29, 1.82) is 0 Å². The molecule has 2 rings (SSSR count). The Bertz CT molecular complexity index is 470. The number of hydrogen-bond acceptors (Lipinski definition) is 3. The van der Waals surface area contributed by atoms with Crippen molar-refractivity contribution in [1.82, 2.24) is 5.32 Å². The second-order valence-corrected chi connectivity index (χ2v) is 5.82. The van der Waals surface area contributed by atoms with E-state index < -0.39 is 5.97 Å². The zero-order valence-electron chi connectivity index (χ0n) is 10.6. The maximum Gasteiger partial charge on any atom is 0.335 e. The van der Waals surface area contributed by atoms with Crippen molar-refractivity contribution < 1.29 is 14.7 Å². The van der Waals surface area contributed by atoms with Crippen LogP contribution >= 0.6 is 11.8 Å². The average Bonchev–Trinajstić information content (AvgIpc) is 2.93. The third-order valence-corrected chi connectivity index (χ3v) is 4.54. The summed E-state index contributed by atoms with van der Waals surface area (Å²) in [5.41, 5.74) is 1.07. The Kier molecular flexibility index (Phi) is 4.85. The Labute approximate surface area is 116 Å². The summed E-state index contributed by atoms with van der Waals surface area (Å²) in [6, 6.07) is 6.91. The van der Waals surface area contributed by atoms with Crippen LogP contribution in [0.2, 0.25) is 0 Å². The van der Waals surface area contributed by atoms with E-state index in [0.717, 1.165) is 24.2 Å². The van der Waals surface area contributed by atoms with E-state index in [-0.39, 0.29) is 11.2 Å². The lowest BCUT2D eigenvalue weighted by Gasteiger charge is -2.10. The quantitative estimate of drug-likeness (QED) is 0.864. The van der Waals surface area contributed by atoms with Crippen LogP contribution < -0.4 is 5.32 Å². The molecule has 1 aromatic rings. The summed E-state index contributed by atoms with van der Waals surface area (Å²) in [4.78, 5) is 22.8. The van der Waals surface area contributed by atoms with Crippen molar-refractivity contribution in [3.8, 4) is 0 Å². The molecule has 0 bridgehead atoms. The van der Waals surface area contributed by atoms with Crippen LogP contribution in [0.3, 0.4) is 0 Å². The summed E-state index contributed by atoms with van der Waals surface area (Å²) >= 11 is 1.70. The van der Waals surface area contributed by atoms with Crippen molar-refractivity contribution in [2.45, 2.75) is 24.5 Å². The van der Waals surface area contributed by atoms with E-state index in [1.165, 1.54) is 0 Å². The van der Waals surface area contributed by atoms with Gasteiger partial charge in [-0.05, 0) is 36.6 Å². The van der Waals surface area contributed by atoms with Crippen molar-refractivity contribution in [3.63, 3.8) is 0 Å². The highest BCUT2D eigenvalue weighted by Crippen LogP contribution is 2.25. The van der Waals surface area contributed by atoms with Crippen LogP contribution in [0, 0.1) is 0 Å². The summed E-state index contributed by atoms with van der Waals surface area (Å²) < 4.78 is 0. The van der Waals surface area contributed by atoms with Gasteiger partial charge in [0.25, 0.3) is 0 Å². The van der Waals surface area contributed by atoms with Crippen molar-refractivity contribution in [3.05, 3.63) is 35.4 Å². The number of carbonyl (C=O) groups excluding carboxylic acids is 1. The summed E-state index contributed by atoms with van der Waals surface area (Å²) in [7, 11) is 0. The molecule has 19 heavy (non-hydrogen) atoms. The Morgan fingerprint density at radius 1 is 1.37 bits per heavy atom. The maximum absolute atomic E-state index is 11.8. The van der Waals surface area contributed by atoms with Gasteiger partial charge in [0, 0.05) is 6.54 Å². The number of rotatable bonds is 5. The van der Waals surface area contributed by atoms with Crippen LogP contribution in [0.15, 0.2) is 24.3 Å². The standard InChI is InChI=1S/C14H17NO3S/c16-13(12-6-3-9-19-12)15-8-7-10-4-1-2-5-11(10)14(17)18/h1-2,4-5,12H,3,6-9H2,(H,15,16)(H,17,18). The third kappa shape index (κ3) is 3.73. The van der Waals surface area contributed by atoms with Gasteiger partial charge in [0.1, 0.15) is 0 Å². The average molecular weight is 279 g/mol. The molecule has 2 N–H and O–H groups in total. The predicted octanol–water partition coefficient (Wildman–Crippen LogP) is 1.94. The number of thioether (sulfide) groups is 1. The van der Waals surface area contributed by atoms with Gasteiger partial charge in [-0.2, -0.15) is 0 Å². The molecule has 1 aliphatic heterocycles. The molecule has 0 spiro atoms. The van der Waals surface area contributed by atoms with E-state index in [1.807, 2.05) is 6.07 Å². The monoisotopic (exact) mass is 279 g/mol. The fourth-order valence-electron chi connectivity index (χ4n) is 2.17. The van der Waals surface area contributed by atoms with E-state index >= 15 is 0 Å². The summed E-state index contributed by atoms with van der Waals surface area (Å²) in [5.74, 6) is 0.212. The maximum atomic E-state index is 11.8. The van der Waals surface area contributed by atoms with E-state index in [9.17, 15) is 9.59 Å². The molecular weight excluding hydrogens is 262 g/mol. The highest BCUT2D eigenvalue weighted by molar-refractivity contribution is 8.00. The van der Waals surface area contributed by atoms with Crippen LogP contribution in [0.5, 0.6) is 0 Å². The van der Waals surface area contributed by atoms with Gasteiger partial charge in [0.2, 0.25) is 5.91 Å². The van der Waals surface area contributed by atoms with Crippen LogP contribution in [-0.2, 0) is 11.2 Å². The van der Waals surface area contributed by atoms with Crippen molar-refractivity contribution in [2.75, 3.05) is 12.3 Å². The minimum absolute atomic E-state index is 0.0784. The van der Waals surface area contributed by atoms with Crippen molar-refractivity contribution >= 4 is 23.6 Å². The summed E-state index contributed by atoms with van der Waals surface area (Å²) in [6.07, 6.45) is 2.60. The predicted molar refractivity (Wildman–Crippen MR) is 75.6 cm³/mol. The molecule has 5 heteroatoms. The van der Waals surface area contributed by atoms with Gasteiger partial charge in [0.15, 0.2) is 0 Å². The lowest BCUT2D eigenvalue weighted by Crippen LogP contribution is -2.33. The minimum Gasteiger partial charge on any atom is -0.478 e. The first-order valence-corrected chi connectivity index (χ1v) is 7.44. The van der Waals surface area contributed by atoms with E-state index in [1.54, 1.807) is 30.0 Å². The highest BCUT2D eigenvalue weighted by atomic mass is 32.2. The van der Waals surface area contributed by atoms with Gasteiger partial charge in [-0.1, -0.05) is 18.2 Å². The van der Waals surface area contributed by atoms with Gasteiger partial charge in [-0.3, -0.25) is 4.79 Å². The normalized spacial score (nSPS) is 18.2. The molecule has 1 amide bonds. The number of nitrogens with one attached hydrogen (secondary N) is 1. The smallest absolute Gasteiger partial charge is 0.335 e. The molecule has 1 aliphatic rings. The number of carbonyl (C=O) groups is 2. The Morgan fingerprint density at radius 2 is 2.16 bits per heavy atom. The largest absolute Gasteiger partial charge is 0.478 e. The first kappa shape index (κ1) is 13.9. The van der Waals surface area contributed by atoms with E-state index in [0.29, 0.717) is 18.5 Å². The van der Waals surface area contributed by atoms with Gasteiger partial charge >= 0.3 is 5.97 Å². The molecule has 1 heterocycles. The summed E-state index contributed by atoms with van der Waals surface area (Å²) in [6.45, 7) is 0.486. The molecule has 0 aliphatic carbocycles. The van der Waals surface area contributed by atoms with Crippen LogP contribution in [0.25, 0.3) is 0 Å². The molecule has 1 atom stereocenters. The van der Waals surface area contributed by atoms with Crippen LogP contribution in [0.1, 0.15) is 28.8 Å². The number of hydrogen-bond donors (Lipinski definition) is 2. The van der Waals surface area contributed by atoms with E-state index in [2.05, 4.69) is 5.32 Å². The zero-order valence-corrected chi connectivity index (χ0v) is 11.4. The number of aromatic carboxylic acids is 1. The first-order valence-electron chi connectivity index (χ1n) is 6.39. The molecule has 0 saturated carbocycles. The van der Waals surface area contributed by atoms with Gasteiger partial charge in [-0.15, -0.1) is 11.8 Å². The topological polar surface area (TPSA) is 66.4 Å². The zero-order chi connectivity index (χ0) is 13.7. The number of carboxylic acids is 1. The second-order valence-electron chi connectivity index (χ2n) is 4.50. The second kappa shape index (κ2) is 6.61. The fourth-order valence-corrected chi connectivity index (χ4v) is 3.35. The Balaban J connectivity index is 1.85. The highest BCUT2D eigenvalue weighted by Gasteiger charge is 2.22. The van der Waals surface area contributed by atoms with Gasteiger partial charge in [-0.25, -0.2) is 4.79 Å². The molecule has 1 aromatic carbocycles. The Morgan fingerprint density at radius 3 is 2.84 bits per heavy atom. The molecule has 1 unspecified atom stereocenters. The third-order valence-electron chi connectivity index (χ3n) is 3.16. The van der Waals surface area contributed by atoms with Crippen LogP contribution in [-0.4, -0.2) is 34.5 Å². The molecule has 1 saturated heterocycles. The first-order chi connectivity index (χ1) is 9.18.